The van der Waals surface area contributed by atoms with Crippen LogP contribution in [0.2, 0.25) is 0 Å². The molecular formula is C13H12N2OS. The molecule has 4 heteroatoms. The summed E-state index contributed by atoms with van der Waals surface area (Å²) in [7, 11) is 2.00. The van der Waals surface area contributed by atoms with Crippen LogP contribution in [0.5, 0.6) is 0 Å². The molecule has 3 nitrogen and oxygen atoms in total. The first-order chi connectivity index (χ1) is 8.27. The van der Waals surface area contributed by atoms with Gasteiger partial charge in [0.2, 0.25) is 0 Å². The summed E-state index contributed by atoms with van der Waals surface area (Å²) < 4.78 is 0. The van der Waals surface area contributed by atoms with Crippen molar-refractivity contribution in [3.8, 4) is 0 Å². The van der Waals surface area contributed by atoms with Crippen LogP contribution in [-0.2, 0) is 0 Å². The van der Waals surface area contributed by atoms with Gasteiger partial charge in [-0.15, -0.1) is 11.3 Å². The molecule has 1 aromatic carbocycles. The maximum atomic E-state index is 12.0. The highest BCUT2D eigenvalue weighted by Crippen LogP contribution is 2.32. The Kier molecular flexibility index (Phi) is 2.37. The number of hydrogen-bond acceptors (Lipinski definition) is 3. The number of carbonyl (C=O) groups is 1. The van der Waals surface area contributed by atoms with Crippen LogP contribution in [0.1, 0.15) is 21.4 Å². The van der Waals surface area contributed by atoms with Crippen LogP contribution in [0.25, 0.3) is 0 Å². The Morgan fingerprint density at radius 3 is 2.82 bits per heavy atom. The van der Waals surface area contributed by atoms with Crippen molar-refractivity contribution >= 4 is 22.9 Å². The van der Waals surface area contributed by atoms with Crippen molar-refractivity contribution in [1.29, 1.82) is 0 Å². The molecule has 17 heavy (non-hydrogen) atoms. The molecular weight excluding hydrogens is 232 g/mol. The highest BCUT2D eigenvalue weighted by atomic mass is 32.1. The van der Waals surface area contributed by atoms with E-state index in [1.54, 1.807) is 11.3 Å². The zero-order valence-corrected chi connectivity index (χ0v) is 10.2. The van der Waals surface area contributed by atoms with Gasteiger partial charge in [-0.3, -0.25) is 4.79 Å². The quantitative estimate of drug-likeness (QED) is 0.836. The standard InChI is InChI=1S/C13H12N2OS/c1-15-10-6-3-2-5-9(10)13(16)14-12(15)11-7-4-8-17-11/h2-8,12H,1H3,(H,14,16). The van der Waals surface area contributed by atoms with Gasteiger partial charge in [0.1, 0.15) is 6.17 Å². The van der Waals surface area contributed by atoms with Crippen LogP contribution in [0.3, 0.4) is 0 Å². The summed E-state index contributed by atoms with van der Waals surface area (Å²) in [6.45, 7) is 0. The number of rotatable bonds is 1. The van der Waals surface area contributed by atoms with Gasteiger partial charge >= 0.3 is 0 Å². The molecule has 1 unspecified atom stereocenters. The van der Waals surface area contributed by atoms with Gasteiger partial charge in [-0.1, -0.05) is 18.2 Å². The number of amides is 1. The smallest absolute Gasteiger partial charge is 0.255 e. The molecule has 1 aliphatic rings. The molecule has 0 saturated carbocycles. The molecule has 3 rings (SSSR count). The number of thiophene rings is 1. The van der Waals surface area contributed by atoms with Crippen molar-refractivity contribution in [2.24, 2.45) is 0 Å². The summed E-state index contributed by atoms with van der Waals surface area (Å²) >= 11 is 1.65. The van der Waals surface area contributed by atoms with Gasteiger partial charge in [0.25, 0.3) is 5.91 Å². The number of hydrogen-bond donors (Lipinski definition) is 1. The molecule has 1 aromatic heterocycles. The van der Waals surface area contributed by atoms with Crippen LogP contribution in [0.4, 0.5) is 5.69 Å². The number of nitrogens with one attached hydrogen (secondary N) is 1. The van der Waals surface area contributed by atoms with E-state index in [0.29, 0.717) is 0 Å². The summed E-state index contributed by atoms with van der Waals surface area (Å²) in [6.07, 6.45) is -0.0580. The maximum absolute atomic E-state index is 12.0. The lowest BCUT2D eigenvalue weighted by molar-refractivity contribution is 0.0929. The fourth-order valence-electron chi connectivity index (χ4n) is 2.12. The second-order valence-corrected chi connectivity index (χ2v) is 5.00. The van der Waals surface area contributed by atoms with Crippen LogP contribution in [0, 0.1) is 0 Å². The van der Waals surface area contributed by atoms with E-state index in [1.807, 2.05) is 48.8 Å². The predicted molar refractivity (Wildman–Crippen MR) is 69.4 cm³/mol. The van der Waals surface area contributed by atoms with Crippen molar-refractivity contribution in [2.45, 2.75) is 6.17 Å². The molecule has 1 N–H and O–H groups in total. The molecule has 0 aliphatic carbocycles. The highest BCUT2D eigenvalue weighted by Gasteiger charge is 2.29. The average molecular weight is 244 g/mol. The fraction of sp³-hybridized carbons (Fsp3) is 0.154. The summed E-state index contributed by atoms with van der Waals surface area (Å²) in [4.78, 5) is 15.3. The number of benzene rings is 1. The van der Waals surface area contributed by atoms with E-state index < -0.39 is 0 Å². The van der Waals surface area contributed by atoms with E-state index in [1.165, 1.54) is 0 Å². The molecule has 2 aromatic rings. The van der Waals surface area contributed by atoms with Crippen molar-refractivity contribution in [2.75, 3.05) is 11.9 Å². The zero-order valence-electron chi connectivity index (χ0n) is 9.38. The summed E-state index contributed by atoms with van der Waals surface area (Å²) in [6, 6.07) is 11.7. The van der Waals surface area contributed by atoms with E-state index in [-0.39, 0.29) is 12.1 Å². The monoisotopic (exact) mass is 244 g/mol. The van der Waals surface area contributed by atoms with Crippen molar-refractivity contribution in [3.05, 3.63) is 52.2 Å². The SMILES string of the molecule is CN1c2ccccc2C(=O)NC1c1cccs1. The molecule has 1 atom stereocenters. The van der Waals surface area contributed by atoms with Crippen LogP contribution >= 0.6 is 11.3 Å². The number of carbonyl (C=O) groups excluding carboxylic acids is 1. The number of nitrogens with zero attached hydrogens (tertiary/aromatic N) is 1. The zero-order chi connectivity index (χ0) is 11.8. The normalized spacial score (nSPS) is 18.8. The molecule has 0 spiro atoms. The molecule has 0 saturated heterocycles. The Bertz CT molecular complexity index is 550. The maximum Gasteiger partial charge on any atom is 0.255 e. The Morgan fingerprint density at radius 2 is 2.06 bits per heavy atom. The van der Waals surface area contributed by atoms with Crippen molar-refractivity contribution in [3.63, 3.8) is 0 Å². The van der Waals surface area contributed by atoms with Crippen molar-refractivity contribution in [1.82, 2.24) is 5.32 Å². The third kappa shape index (κ3) is 1.61. The van der Waals surface area contributed by atoms with Crippen LogP contribution < -0.4 is 10.2 Å². The summed E-state index contributed by atoms with van der Waals surface area (Å²) in [5.74, 6) is -0.00269. The second kappa shape index (κ2) is 3.89. The third-order valence-electron chi connectivity index (χ3n) is 3.00. The first-order valence-electron chi connectivity index (χ1n) is 5.43. The second-order valence-electron chi connectivity index (χ2n) is 4.02. The Balaban J connectivity index is 2.06. The van der Waals surface area contributed by atoms with Gasteiger partial charge < -0.3 is 10.2 Å². The Labute approximate surface area is 104 Å². The molecule has 2 heterocycles. The number of anilines is 1. The third-order valence-corrected chi connectivity index (χ3v) is 3.92. The van der Waals surface area contributed by atoms with Crippen LogP contribution in [-0.4, -0.2) is 13.0 Å². The molecule has 1 amide bonds. The van der Waals surface area contributed by atoms with Gasteiger partial charge in [0.15, 0.2) is 0 Å². The largest absolute Gasteiger partial charge is 0.349 e. The molecule has 1 aliphatic heterocycles. The Hall–Kier alpha value is -1.81. The molecule has 0 radical (unpaired) electrons. The molecule has 86 valence electrons. The average Bonchev–Trinajstić information content (AvgIpc) is 2.87. The first-order valence-corrected chi connectivity index (χ1v) is 6.31. The minimum Gasteiger partial charge on any atom is -0.349 e. The minimum absolute atomic E-state index is 0.00269. The van der Waals surface area contributed by atoms with Gasteiger partial charge in [-0.2, -0.15) is 0 Å². The Morgan fingerprint density at radius 1 is 1.24 bits per heavy atom. The minimum atomic E-state index is -0.0580. The van der Waals surface area contributed by atoms with Gasteiger partial charge in [0.05, 0.1) is 11.3 Å². The lowest BCUT2D eigenvalue weighted by Crippen LogP contribution is -2.44. The van der Waals surface area contributed by atoms with Gasteiger partial charge in [-0.25, -0.2) is 0 Å². The van der Waals surface area contributed by atoms with E-state index in [2.05, 4.69) is 10.2 Å². The van der Waals surface area contributed by atoms with Gasteiger partial charge in [-0.05, 0) is 23.6 Å². The lowest BCUT2D eigenvalue weighted by atomic mass is 10.1. The lowest BCUT2D eigenvalue weighted by Gasteiger charge is -2.35. The topological polar surface area (TPSA) is 32.3 Å². The van der Waals surface area contributed by atoms with E-state index in [9.17, 15) is 4.79 Å². The van der Waals surface area contributed by atoms with Crippen molar-refractivity contribution < 1.29 is 4.79 Å². The van der Waals surface area contributed by atoms with E-state index >= 15 is 0 Å². The predicted octanol–water partition coefficient (Wildman–Crippen LogP) is 2.63. The van der Waals surface area contributed by atoms with E-state index in [4.69, 9.17) is 0 Å². The molecule has 0 bridgehead atoms. The first kappa shape index (κ1) is 10.4. The highest BCUT2D eigenvalue weighted by molar-refractivity contribution is 7.10. The molecule has 0 fully saturated rings. The summed E-state index contributed by atoms with van der Waals surface area (Å²) in [5.41, 5.74) is 1.72. The van der Waals surface area contributed by atoms with E-state index in [0.717, 1.165) is 16.1 Å². The fourth-order valence-corrected chi connectivity index (χ4v) is 2.94. The number of fused-ring (bicyclic) bond motifs is 1. The van der Waals surface area contributed by atoms with Crippen LogP contribution in [0.15, 0.2) is 41.8 Å². The number of para-hydroxylation sites is 1. The summed E-state index contributed by atoms with van der Waals surface area (Å²) in [5, 5.41) is 5.05. The van der Waals surface area contributed by atoms with Gasteiger partial charge in [0, 0.05) is 11.9 Å².